The summed E-state index contributed by atoms with van der Waals surface area (Å²) in [7, 11) is 0. The van der Waals surface area contributed by atoms with Gasteiger partial charge in [0.2, 0.25) is 0 Å². The zero-order valence-corrected chi connectivity index (χ0v) is 26.4. The second-order valence-corrected chi connectivity index (χ2v) is 11.9. The molecule has 0 bridgehead atoms. The van der Waals surface area contributed by atoms with Crippen LogP contribution in [0.25, 0.3) is 89.6 Å². The van der Waals surface area contributed by atoms with Gasteiger partial charge in [0, 0.05) is 28.1 Å². The maximum atomic E-state index is 6.05. The molecular formula is C44H28N4O. The van der Waals surface area contributed by atoms with Gasteiger partial charge in [-0.25, -0.2) is 15.0 Å². The predicted octanol–water partition coefficient (Wildman–Crippen LogP) is 11.2. The molecule has 0 fully saturated rings. The van der Waals surface area contributed by atoms with Gasteiger partial charge in [0.25, 0.3) is 0 Å². The molecule has 9 aromatic rings. The summed E-state index contributed by atoms with van der Waals surface area (Å²) in [5, 5.41) is 2.22. The molecule has 0 aliphatic carbocycles. The SMILES string of the molecule is c1ccc(-c2cc(-c3ccccc3)cc(-c3nc(-c4ccc(-c5ccc6oc7ccccc7c6c5)cc4)nc(-c4ccccn4)n3)c2)cc1. The van der Waals surface area contributed by atoms with Crippen LogP contribution in [0.5, 0.6) is 0 Å². The highest BCUT2D eigenvalue weighted by atomic mass is 16.3. The molecule has 5 heteroatoms. The Hall–Kier alpha value is -6.72. The average molecular weight is 629 g/mol. The fourth-order valence-corrected chi connectivity index (χ4v) is 6.31. The Morgan fingerprint density at radius 1 is 0.327 bits per heavy atom. The number of fused-ring (bicyclic) bond motifs is 3. The molecule has 0 saturated heterocycles. The fraction of sp³-hybridized carbons (Fsp3) is 0. The molecule has 0 radical (unpaired) electrons. The number of rotatable bonds is 6. The molecule has 0 unspecified atom stereocenters. The van der Waals surface area contributed by atoms with Gasteiger partial charge >= 0.3 is 0 Å². The molecule has 0 saturated carbocycles. The van der Waals surface area contributed by atoms with Gasteiger partial charge in [-0.1, -0.05) is 115 Å². The van der Waals surface area contributed by atoms with Crippen molar-refractivity contribution in [1.29, 1.82) is 0 Å². The van der Waals surface area contributed by atoms with Gasteiger partial charge in [-0.05, 0) is 81.9 Å². The average Bonchev–Trinajstić information content (AvgIpc) is 3.57. The molecule has 49 heavy (non-hydrogen) atoms. The van der Waals surface area contributed by atoms with Crippen LogP contribution in [0, 0.1) is 0 Å². The van der Waals surface area contributed by atoms with Crippen LogP contribution in [0.15, 0.2) is 174 Å². The first-order valence-corrected chi connectivity index (χ1v) is 16.2. The quantitative estimate of drug-likeness (QED) is 0.183. The minimum absolute atomic E-state index is 0.522. The van der Waals surface area contributed by atoms with Gasteiger partial charge in [0.15, 0.2) is 17.5 Å². The molecule has 0 spiro atoms. The van der Waals surface area contributed by atoms with E-state index in [0.29, 0.717) is 23.2 Å². The van der Waals surface area contributed by atoms with Crippen LogP contribution < -0.4 is 0 Å². The van der Waals surface area contributed by atoms with E-state index in [-0.39, 0.29) is 0 Å². The minimum Gasteiger partial charge on any atom is -0.456 e. The van der Waals surface area contributed by atoms with Crippen LogP contribution in [0.4, 0.5) is 0 Å². The molecule has 230 valence electrons. The van der Waals surface area contributed by atoms with Gasteiger partial charge in [-0.3, -0.25) is 4.98 Å². The third-order valence-electron chi connectivity index (χ3n) is 8.79. The van der Waals surface area contributed by atoms with E-state index < -0.39 is 0 Å². The molecule has 0 aliphatic heterocycles. The molecule has 6 aromatic carbocycles. The number of hydrogen-bond donors (Lipinski definition) is 0. The van der Waals surface area contributed by atoms with Gasteiger partial charge in [0.05, 0.1) is 0 Å². The highest BCUT2D eigenvalue weighted by molar-refractivity contribution is 6.06. The van der Waals surface area contributed by atoms with Crippen molar-refractivity contribution < 1.29 is 4.42 Å². The first-order chi connectivity index (χ1) is 24.2. The number of hydrogen-bond acceptors (Lipinski definition) is 5. The van der Waals surface area contributed by atoms with Crippen LogP contribution in [-0.4, -0.2) is 19.9 Å². The van der Waals surface area contributed by atoms with Crippen molar-refractivity contribution >= 4 is 21.9 Å². The Balaban J connectivity index is 1.16. The van der Waals surface area contributed by atoms with Crippen LogP contribution in [0.3, 0.4) is 0 Å². The number of pyridine rings is 1. The van der Waals surface area contributed by atoms with Gasteiger partial charge in [0.1, 0.15) is 16.9 Å². The summed E-state index contributed by atoms with van der Waals surface area (Å²) in [4.78, 5) is 19.6. The van der Waals surface area contributed by atoms with Gasteiger partial charge in [-0.15, -0.1) is 0 Å². The Labute approximate surface area is 283 Å². The van der Waals surface area contributed by atoms with Crippen LogP contribution in [0.2, 0.25) is 0 Å². The molecule has 0 aliphatic rings. The molecule has 9 rings (SSSR count). The van der Waals surface area contributed by atoms with E-state index in [0.717, 1.165) is 66.4 Å². The number of nitrogens with zero attached hydrogens (tertiary/aromatic N) is 4. The third-order valence-corrected chi connectivity index (χ3v) is 8.79. The van der Waals surface area contributed by atoms with Gasteiger partial charge in [-0.2, -0.15) is 0 Å². The number of furan rings is 1. The summed E-state index contributed by atoms with van der Waals surface area (Å²) in [6.07, 6.45) is 1.76. The van der Waals surface area contributed by atoms with E-state index in [2.05, 4.69) is 114 Å². The van der Waals surface area contributed by atoms with E-state index in [1.807, 2.05) is 54.6 Å². The number of benzene rings is 6. The lowest BCUT2D eigenvalue weighted by molar-refractivity contribution is 0.669. The molecule has 5 nitrogen and oxygen atoms in total. The number of aromatic nitrogens is 4. The second-order valence-electron chi connectivity index (χ2n) is 11.9. The van der Waals surface area contributed by atoms with E-state index >= 15 is 0 Å². The van der Waals surface area contributed by atoms with Crippen molar-refractivity contribution in [2.24, 2.45) is 0 Å². The largest absolute Gasteiger partial charge is 0.456 e. The smallest absolute Gasteiger partial charge is 0.182 e. The second kappa shape index (κ2) is 12.1. The van der Waals surface area contributed by atoms with Crippen molar-refractivity contribution in [2.45, 2.75) is 0 Å². The highest BCUT2D eigenvalue weighted by Crippen LogP contribution is 2.35. The Morgan fingerprint density at radius 3 is 1.55 bits per heavy atom. The number of para-hydroxylation sites is 1. The monoisotopic (exact) mass is 628 g/mol. The highest BCUT2D eigenvalue weighted by Gasteiger charge is 2.16. The van der Waals surface area contributed by atoms with Crippen molar-refractivity contribution in [3.05, 3.63) is 170 Å². The van der Waals surface area contributed by atoms with Crippen molar-refractivity contribution in [1.82, 2.24) is 19.9 Å². The van der Waals surface area contributed by atoms with Gasteiger partial charge < -0.3 is 4.42 Å². The minimum atomic E-state index is 0.522. The Morgan fingerprint density at radius 2 is 0.857 bits per heavy atom. The maximum Gasteiger partial charge on any atom is 0.182 e. The zero-order chi connectivity index (χ0) is 32.6. The molecule has 3 heterocycles. The lowest BCUT2D eigenvalue weighted by atomic mass is 9.96. The van der Waals surface area contributed by atoms with Crippen molar-refractivity contribution in [2.75, 3.05) is 0 Å². The fourth-order valence-electron chi connectivity index (χ4n) is 6.31. The Bertz CT molecular complexity index is 2520. The molecule has 0 atom stereocenters. The van der Waals surface area contributed by atoms with Crippen LogP contribution in [-0.2, 0) is 0 Å². The summed E-state index contributed by atoms with van der Waals surface area (Å²) in [5.74, 6) is 1.69. The summed E-state index contributed by atoms with van der Waals surface area (Å²) in [5.41, 5.74) is 10.9. The standard InChI is InChI=1S/C44H28N4O/c1-3-11-29(12-4-1)34-25-35(30-13-5-2-6-14-30)27-36(26-34)43-46-42(47-44(48-43)39-16-9-10-24-45-39)32-20-18-31(19-21-32)33-22-23-41-38(28-33)37-15-7-8-17-40(37)49-41/h1-28H. The van der Waals surface area contributed by atoms with E-state index in [9.17, 15) is 0 Å². The topological polar surface area (TPSA) is 64.7 Å². The van der Waals surface area contributed by atoms with Crippen molar-refractivity contribution in [3.8, 4) is 67.7 Å². The van der Waals surface area contributed by atoms with Crippen LogP contribution in [0.1, 0.15) is 0 Å². The first kappa shape index (κ1) is 28.5. The first-order valence-electron chi connectivity index (χ1n) is 16.2. The lowest BCUT2D eigenvalue weighted by Crippen LogP contribution is -2.01. The normalized spacial score (nSPS) is 11.3. The van der Waals surface area contributed by atoms with E-state index in [4.69, 9.17) is 19.4 Å². The van der Waals surface area contributed by atoms with Crippen LogP contribution >= 0.6 is 0 Å². The van der Waals surface area contributed by atoms with Crippen molar-refractivity contribution in [3.63, 3.8) is 0 Å². The maximum absolute atomic E-state index is 6.05. The molecular weight excluding hydrogens is 601 g/mol. The predicted molar refractivity (Wildman–Crippen MR) is 198 cm³/mol. The molecule has 3 aromatic heterocycles. The lowest BCUT2D eigenvalue weighted by Gasteiger charge is -2.12. The summed E-state index contributed by atoms with van der Waals surface area (Å²) >= 11 is 0. The third kappa shape index (κ3) is 5.53. The van der Waals surface area contributed by atoms with E-state index in [1.165, 1.54) is 0 Å². The zero-order valence-electron chi connectivity index (χ0n) is 26.4. The molecule has 0 amide bonds. The summed E-state index contributed by atoms with van der Waals surface area (Å²) < 4.78 is 6.05. The van der Waals surface area contributed by atoms with E-state index in [1.54, 1.807) is 6.20 Å². The summed E-state index contributed by atoms with van der Waals surface area (Å²) in [6.45, 7) is 0. The molecule has 0 N–H and O–H groups in total. The summed E-state index contributed by atoms with van der Waals surface area (Å²) in [6, 6.07) is 56.0. The Kier molecular flexibility index (Phi) is 7.06.